The Hall–Kier alpha value is -1.79. The molecule has 2 rings (SSSR count). The molecule has 2 N–H and O–H groups in total. The van der Waals surface area contributed by atoms with Gasteiger partial charge in [0.2, 0.25) is 5.91 Å². The molecular weight excluding hydrogens is 235 g/mol. The Labute approximate surface area is 95.2 Å². The summed E-state index contributed by atoms with van der Waals surface area (Å²) >= 11 is 0. The number of carbonyl (C=O) groups is 1. The third-order valence-electron chi connectivity index (χ3n) is 2.37. The zero-order valence-electron chi connectivity index (χ0n) is 8.71. The molecule has 0 spiro atoms. The molecule has 1 aliphatic heterocycles. The first-order valence-corrected chi connectivity index (χ1v) is 5.02. The lowest BCUT2D eigenvalue weighted by Gasteiger charge is -2.12. The van der Waals surface area contributed by atoms with Crippen molar-refractivity contribution in [1.82, 2.24) is 10.3 Å². The van der Waals surface area contributed by atoms with Crippen LogP contribution in [0.5, 0.6) is 0 Å². The second-order valence-electron chi connectivity index (χ2n) is 3.76. The van der Waals surface area contributed by atoms with Crippen LogP contribution in [0.1, 0.15) is 12.1 Å². The monoisotopic (exact) mass is 245 g/mol. The minimum atomic E-state index is -4.46. The molecule has 92 valence electrons. The summed E-state index contributed by atoms with van der Waals surface area (Å²) in [7, 11) is 0. The highest BCUT2D eigenvalue weighted by atomic mass is 19.4. The molecule has 2 heterocycles. The largest absolute Gasteiger partial charge is 0.433 e. The highest BCUT2D eigenvalue weighted by Crippen LogP contribution is 2.28. The van der Waals surface area contributed by atoms with Gasteiger partial charge in [-0.2, -0.15) is 13.2 Å². The van der Waals surface area contributed by atoms with E-state index in [-0.39, 0.29) is 24.2 Å². The molecule has 7 heteroatoms. The smallest absolute Gasteiger partial charge is 0.365 e. The summed E-state index contributed by atoms with van der Waals surface area (Å²) in [5.41, 5.74) is -0.945. The van der Waals surface area contributed by atoms with Crippen LogP contribution in [0, 0.1) is 0 Å². The number of pyridine rings is 1. The van der Waals surface area contributed by atoms with Crippen molar-refractivity contribution >= 4 is 11.7 Å². The highest BCUT2D eigenvalue weighted by molar-refractivity contribution is 5.79. The number of halogens is 3. The fourth-order valence-corrected chi connectivity index (χ4v) is 1.59. The predicted molar refractivity (Wildman–Crippen MR) is 54.3 cm³/mol. The van der Waals surface area contributed by atoms with Crippen molar-refractivity contribution in [3.63, 3.8) is 0 Å². The van der Waals surface area contributed by atoms with E-state index in [1.807, 2.05) is 0 Å². The number of hydrogen-bond donors (Lipinski definition) is 2. The summed E-state index contributed by atoms with van der Waals surface area (Å²) in [5.74, 6) is 0.0100. The summed E-state index contributed by atoms with van der Waals surface area (Å²) in [4.78, 5) is 14.4. The summed E-state index contributed by atoms with van der Waals surface area (Å²) < 4.78 is 37.2. The number of aromatic nitrogens is 1. The Kier molecular flexibility index (Phi) is 2.91. The second-order valence-corrected chi connectivity index (χ2v) is 3.76. The first-order chi connectivity index (χ1) is 7.95. The Bertz CT molecular complexity index is 433. The van der Waals surface area contributed by atoms with E-state index in [1.165, 1.54) is 12.1 Å². The third-order valence-corrected chi connectivity index (χ3v) is 2.37. The zero-order chi connectivity index (χ0) is 12.5. The molecule has 1 aliphatic rings. The second kappa shape index (κ2) is 4.23. The standard InChI is InChI=1S/C10H10F3N3O/c11-10(12,13)7-2-1-3-8(16-7)15-6-4-9(17)14-5-6/h1-3,6H,4-5H2,(H,14,17)(H,15,16). The Balaban J connectivity index is 2.09. The molecule has 0 aromatic carbocycles. The maximum atomic E-state index is 12.4. The molecule has 1 aromatic heterocycles. The minimum Gasteiger partial charge on any atom is -0.365 e. The van der Waals surface area contributed by atoms with Crippen molar-refractivity contribution in [3.05, 3.63) is 23.9 Å². The number of alkyl halides is 3. The summed E-state index contributed by atoms with van der Waals surface area (Å²) in [6.07, 6.45) is -4.21. The Morgan fingerprint density at radius 2 is 2.18 bits per heavy atom. The maximum Gasteiger partial charge on any atom is 0.433 e. The number of hydrogen-bond acceptors (Lipinski definition) is 3. The van der Waals surface area contributed by atoms with Crippen LogP contribution in [0.15, 0.2) is 18.2 Å². The lowest BCUT2D eigenvalue weighted by molar-refractivity contribution is -0.141. The first kappa shape index (κ1) is 11.7. The fraction of sp³-hybridized carbons (Fsp3) is 0.400. The molecule has 1 saturated heterocycles. The summed E-state index contributed by atoms with van der Waals surface area (Å²) in [5, 5.41) is 5.37. The Morgan fingerprint density at radius 1 is 1.41 bits per heavy atom. The van der Waals surface area contributed by atoms with E-state index in [0.717, 1.165) is 6.07 Å². The van der Waals surface area contributed by atoms with Gasteiger partial charge in [-0.15, -0.1) is 0 Å². The molecule has 4 nitrogen and oxygen atoms in total. The molecule has 0 aliphatic carbocycles. The summed E-state index contributed by atoms with van der Waals surface area (Å²) in [6.45, 7) is 0.400. The van der Waals surface area contributed by atoms with E-state index >= 15 is 0 Å². The summed E-state index contributed by atoms with van der Waals surface area (Å²) in [6, 6.07) is 3.42. The number of carbonyl (C=O) groups excluding carboxylic acids is 1. The number of amides is 1. The van der Waals surface area contributed by atoms with Crippen molar-refractivity contribution in [1.29, 1.82) is 0 Å². The van der Waals surface area contributed by atoms with Crippen molar-refractivity contribution in [3.8, 4) is 0 Å². The number of anilines is 1. The van der Waals surface area contributed by atoms with Crippen LogP contribution >= 0.6 is 0 Å². The molecular formula is C10H10F3N3O. The molecule has 1 atom stereocenters. The van der Waals surface area contributed by atoms with Gasteiger partial charge < -0.3 is 10.6 Å². The third kappa shape index (κ3) is 2.86. The van der Waals surface area contributed by atoms with E-state index in [4.69, 9.17) is 0 Å². The first-order valence-electron chi connectivity index (χ1n) is 5.02. The van der Waals surface area contributed by atoms with Crippen LogP contribution in [-0.2, 0) is 11.0 Å². The zero-order valence-corrected chi connectivity index (χ0v) is 8.71. The van der Waals surface area contributed by atoms with Crippen LogP contribution in [0.2, 0.25) is 0 Å². The van der Waals surface area contributed by atoms with Gasteiger partial charge in [0, 0.05) is 13.0 Å². The van der Waals surface area contributed by atoms with Crippen molar-refractivity contribution < 1.29 is 18.0 Å². The van der Waals surface area contributed by atoms with Gasteiger partial charge in [0.1, 0.15) is 11.5 Å². The van der Waals surface area contributed by atoms with Gasteiger partial charge >= 0.3 is 6.18 Å². The van der Waals surface area contributed by atoms with E-state index < -0.39 is 11.9 Å². The van der Waals surface area contributed by atoms with Gasteiger partial charge in [-0.25, -0.2) is 4.98 Å². The Morgan fingerprint density at radius 3 is 2.76 bits per heavy atom. The fourth-order valence-electron chi connectivity index (χ4n) is 1.59. The SMILES string of the molecule is O=C1CC(Nc2cccc(C(F)(F)F)n2)CN1. The molecule has 0 radical (unpaired) electrons. The van der Waals surface area contributed by atoms with Crippen LogP contribution in [-0.4, -0.2) is 23.5 Å². The molecule has 1 amide bonds. The van der Waals surface area contributed by atoms with Crippen LogP contribution in [0.4, 0.5) is 19.0 Å². The van der Waals surface area contributed by atoms with Gasteiger partial charge in [-0.1, -0.05) is 6.07 Å². The molecule has 1 unspecified atom stereocenters. The van der Waals surface area contributed by atoms with Gasteiger partial charge in [-0.3, -0.25) is 4.79 Å². The topological polar surface area (TPSA) is 54.0 Å². The van der Waals surface area contributed by atoms with Crippen LogP contribution in [0.25, 0.3) is 0 Å². The highest BCUT2D eigenvalue weighted by Gasteiger charge is 2.32. The van der Waals surface area contributed by atoms with Crippen LogP contribution in [0.3, 0.4) is 0 Å². The normalized spacial score (nSPS) is 20.2. The van der Waals surface area contributed by atoms with Crippen molar-refractivity contribution in [2.75, 3.05) is 11.9 Å². The van der Waals surface area contributed by atoms with Gasteiger partial charge in [0.05, 0.1) is 6.04 Å². The average Bonchev–Trinajstić information content (AvgIpc) is 2.63. The molecule has 17 heavy (non-hydrogen) atoms. The van der Waals surface area contributed by atoms with Gasteiger partial charge in [0.25, 0.3) is 0 Å². The predicted octanol–water partition coefficient (Wildman–Crippen LogP) is 1.40. The van der Waals surface area contributed by atoms with Crippen molar-refractivity contribution in [2.24, 2.45) is 0 Å². The molecule has 1 fully saturated rings. The lowest BCUT2D eigenvalue weighted by Crippen LogP contribution is -2.23. The maximum absolute atomic E-state index is 12.4. The average molecular weight is 245 g/mol. The van der Waals surface area contributed by atoms with E-state index in [1.54, 1.807) is 0 Å². The van der Waals surface area contributed by atoms with E-state index in [0.29, 0.717) is 6.54 Å². The van der Waals surface area contributed by atoms with E-state index in [2.05, 4.69) is 15.6 Å². The molecule has 0 saturated carbocycles. The quantitative estimate of drug-likeness (QED) is 0.828. The minimum absolute atomic E-state index is 0.116. The van der Waals surface area contributed by atoms with Gasteiger partial charge in [-0.05, 0) is 12.1 Å². The van der Waals surface area contributed by atoms with Gasteiger partial charge in [0.15, 0.2) is 0 Å². The molecule has 1 aromatic rings. The lowest BCUT2D eigenvalue weighted by atomic mass is 10.2. The molecule has 0 bridgehead atoms. The van der Waals surface area contributed by atoms with Crippen LogP contribution < -0.4 is 10.6 Å². The number of nitrogens with zero attached hydrogens (tertiary/aromatic N) is 1. The number of nitrogens with one attached hydrogen (secondary N) is 2. The van der Waals surface area contributed by atoms with Crippen molar-refractivity contribution in [2.45, 2.75) is 18.6 Å². The van der Waals surface area contributed by atoms with E-state index in [9.17, 15) is 18.0 Å². The number of rotatable bonds is 2.